The number of fused-ring (bicyclic) bond motifs is 1. The smallest absolute Gasteiger partial charge is 0.264 e. The van der Waals surface area contributed by atoms with Crippen molar-refractivity contribution < 1.29 is 13.2 Å². The number of ether oxygens (including phenoxy) is 1. The highest BCUT2D eigenvalue weighted by Gasteiger charge is 2.36. The van der Waals surface area contributed by atoms with Crippen molar-refractivity contribution >= 4 is 38.3 Å². The van der Waals surface area contributed by atoms with Crippen molar-refractivity contribution in [1.82, 2.24) is 0 Å². The van der Waals surface area contributed by atoms with Crippen molar-refractivity contribution in [2.24, 2.45) is 0 Å². The molecule has 3 rings (SSSR count). The van der Waals surface area contributed by atoms with Gasteiger partial charge in [0.2, 0.25) is 0 Å². The average Bonchev–Trinajstić information content (AvgIpc) is 2.94. The van der Waals surface area contributed by atoms with Crippen LogP contribution in [0.4, 0.5) is 5.69 Å². The lowest BCUT2D eigenvalue weighted by Crippen LogP contribution is -2.30. The molecule has 0 saturated carbocycles. The number of anilines is 1. The van der Waals surface area contributed by atoms with E-state index in [9.17, 15) is 8.42 Å². The number of hydrogen-bond acceptors (Lipinski definition) is 3. The van der Waals surface area contributed by atoms with Gasteiger partial charge in [-0.25, -0.2) is 8.42 Å². The van der Waals surface area contributed by atoms with Crippen molar-refractivity contribution in [3.8, 4) is 5.75 Å². The van der Waals surface area contributed by atoms with E-state index in [4.69, 9.17) is 4.74 Å². The summed E-state index contributed by atoms with van der Waals surface area (Å²) >= 11 is 2.30. The minimum atomic E-state index is -3.55. The average molecular weight is 429 g/mol. The molecule has 0 aliphatic carbocycles. The molecule has 0 bridgehead atoms. The number of nitrogens with zero attached hydrogens (tertiary/aromatic N) is 1. The molecule has 0 radical (unpaired) electrons. The zero-order chi connectivity index (χ0) is 15.7. The van der Waals surface area contributed by atoms with Crippen LogP contribution in [0.15, 0.2) is 53.4 Å². The third-order valence-corrected chi connectivity index (χ3v) is 6.71. The van der Waals surface area contributed by atoms with Gasteiger partial charge in [0.15, 0.2) is 0 Å². The Morgan fingerprint density at radius 2 is 1.95 bits per heavy atom. The molecule has 0 N–H and O–H groups in total. The first-order valence-corrected chi connectivity index (χ1v) is 9.86. The Morgan fingerprint density at radius 3 is 2.59 bits per heavy atom. The summed E-state index contributed by atoms with van der Waals surface area (Å²) in [6.45, 7) is 0.475. The summed E-state index contributed by atoms with van der Waals surface area (Å²) in [5, 5.41) is 0. The first-order chi connectivity index (χ1) is 10.6. The van der Waals surface area contributed by atoms with Crippen LogP contribution in [-0.4, -0.2) is 26.5 Å². The van der Waals surface area contributed by atoms with E-state index >= 15 is 0 Å². The first kappa shape index (κ1) is 15.6. The van der Waals surface area contributed by atoms with Gasteiger partial charge >= 0.3 is 0 Å². The second-order valence-electron chi connectivity index (χ2n) is 5.13. The molecule has 1 atom stereocenters. The minimum absolute atomic E-state index is 0.208. The van der Waals surface area contributed by atoms with E-state index in [1.165, 1.54) is 4.31 Å². The normalized spacial score (nSPS) is 17.4. The summed E-state index contributed by atoms with van der Waals surface area (Å²) in [4.78, 5) is 0.317. The maximum Gasteiger partial charge on any atom is 0.264 e. The Kier molecular flexibility index (Phi) is 4.31. The molecule has 0 spiro atoms. The fourth-order valence-electron chi connectivity index (χ4n) is 2.69. The Labute approximate surface area is 144 Å². The summed E-state index contributed by atoms with van der Waals surface area (Å²) in [7, 11) is -1.96. The number of sulfonamides is 1. The number of methoxy groups -OCH3 is 1. The van der Waals surface area contributed by atoms with Crippen LogP contribution in [0.3, 0.4) is 0 Å². The molecule has 2 aromatic carbocycles. The fraction of sp³-hybridized carbons (Fsp3) is 0.250. The maximum absolute atomic E-state index is 12.9. The molecule has 0 fully saturated rings. The van der Waals surface area contributed by atoms with Crippen molar-refractivity contribution in [2.45, 2.75) is 10.8 Å². The van der Waals surface area contributed by atoms with Crippen molar-refractivity contribution in [2.75, 3.05) is 22.4 Å². The molecule has 22 heavy (non-hydrogen) atoms. The largest absolute Gasteiger partial charge is 0.497 e. The number of halogens is 1. The van der Waals surface area contributed by atoms with Crippen LogP contribution in [0, 0.1) is 0 Å². The number of benzene rings is 2. The van der Waals surface area contributed by atoms with E-state index in [0.717, 1.165) is 15.7 Å². The van der Waals surface area contributed by atoms with Gasteiger partial charge < -0.3 is 4.74 Å². The van der Waals surface area contributed by atoms with Gasteiger partial charge in [-0.15, -0.1) is 0 Å². The van der Waals surface area contributed by atoms with Gasteiger partial charge in [-0.3, -0.25) is 4.31 Å². The molecule has 0 aromatic heterocycles. The van der Waals surface area contributed by atoms with Crippen molar-refractivity contribution in [1.29, 1.82) is 0 Å². The zero-order valence-corrected chi connectivity index (χ0v) is 15.0. The molecule has 4 nitrogen and oxygen atoms in total. The molecule has 1 unspecified atom stereocenters. The molecule has 116 valence electrons. The van der Waals surface area contributed by atoms with E-state index in [1.807, 2.05) is 24.3 Å². The number of alkyl halides is 1. The van der Waals surface area contributed by atoms with Gasteiger partial charge in [0.1, 0.15) is 5.75 Å². The van der Waals surface area contributed by atoms with Crippen LogP contribution in [-0.2, 0) is 10.0 Å². The molecular formula is C16H16INO3S. The minimum Gasteiger partial charge on any atom is -0.497 e. The van der Waals surface area contributed by atoms with Crippen LogP contribution >= 0.6 is 22.6 Å². The quantitative estimate of drug-likeness (QED) is 0.553. The Morgan fingerprint density at radius 1 is 1.23 bits per heavy atom. The van der Waals surface area contributed by atoms with Crippen molar-refractivity contribution in [3.05, 3.63) is 54.1 Å². The first-order valence-electron chi connectivity index (χ1n) is 6.89. The Balaban J connectivity index is 2.11. The van der Waals surface area contributed by atoms with Gasteiger partial charge in [-0.1, -0.05) is 46.9 Å². The monoisotopic (exact) mass is 429 g/mol. The number of rotatable bonds is 4. The molecule has 6 heteroatoms. The van der Waals surface area contributed by atoms with E-state index in [0.29, 0.717) is 17.2 Å². The predicted octanol–water partition coefficient (Wildman–Crippen LogP) is 3.42. The second-order valence-corrected chi connectivity index (χ2v) is 7.87. The molecule has 1 heterocycles. The standard InChI is InChI=1S/C16H16INO3S/c1-21-13-7-8-15-12(10-17)11-18(16(15)9-13)22(19,20)14-5-3-2-4-6-14/h2-9,12H,10-11H2,1H3. The zero-order valence-electron chi connectivity index (χ0n) is 12.1. The molecule has 0 amide bonds. The summed E-state index contributed by atoms with van der Waals surface area (Å²) in [5.74, 6) is 0.876. The summed E-state index contributed by atoms with van der Waals surface area (Å²) in [6, 6.07) is 14.2. The Bertz CT molecular complexity index is 777. The molecule has 1 aliphatic heterocycles. The molecular weight excluding hydrogens is 413 g/mol. The predicted molar refractivity (Wildman–Crippen MR) is 95.6 cm³/mol. The lowest BCUT2D eigenvalue weighted by molar-refractivity contribution is 0.415. The Hall–Kier alpha value is -1.28. The van der Waals surface area contributed by atoms with Gasteiger partial charge in [0.05, 0.1) is 17.7 Å². The summed E-state index contributed by atoms with van der Waals surface area (Å²) < 4.78 is 33.5. The molecule has 0 saturated heterocycles. The van der Waals surface area contributed by atoms with Crippen LogP contribution < -0.4 is 9.04 Å². The highest BCUT2D eigenvalue weighted by molar-refractivity contribution is 14.1. The van der Waals surface area contributed by atoms with Crippen LogP contribution in [0.2, 0.25) is 0 Å². The highest BCUT2D eigenvalue weighted by atomic mass is 127. The SMILES string of the molecule is COc1ccc2c(c1)N(S(=O)(=O)c1ccccc1)CC2CI. The lowest BCUT2D eigenvalue weighted by atomic mass is 10.0. The van der Waals surface area contributed by atoms with E-state index in [2.05, 4.69) is 22.6 Å². The van der Waals surface area contributed by atoms with E-state index in [-0.39, 0.29) is 5.92 Å². The lowest BCUT2D eigenvalue weighted by Gasteiger charge is -2.20. The third kappa shape index (κ3) is 2.58. The fourth-order valence-corrected chi connectivity index (χ4v) is 4.99. The van der Waals surface area contributed by atoms with Crippen LogP contribution in [0.5, 0.6) is 5.75 Å². The van der Waals surface area contributed by atoms with Gasteiger partial charge in [-0.2, -0.15) is 0 Å². The van der Waals surface area contributed by atoms with Gasteiger partial charge in [-0.05, 0) is 23.8 Å². The molecule has 1 aliphatic rings. The number of hydrogen-bond donors (Lipinski definition) is 0. The second kappa shape index (κ2) is 6.08. The van der Waals surface area contributed by atoms with Crippen molar-refractivity contribution in [3.63, 3.8) is 0 Å². The van der Waals surface area contributed by atoms with E-state index < -0.39 is 10.0 Å². The van der Waals surface area contributed by atoms with E-state index in [1.54, 1.807) is 31.4 Å². The maximum atomic E-state index is 12.9. The summed E-state index contributed by atoms with van der Waals surface area (Å²) in [5.41, 5.74) is 1.79. The highest BCUT2D eigenvalue weighted by Crippen LogP contribution is 2.42. The topological polar surface area (TPSA) is 46.6 Å². The summed E-state index contributed by atoms with van der Waals surface area (Å²) in [6.07, 6.45) is 0. The van der Waals surface area contributed by atoms with Crippen LogP contribution in [0.1, 0.15) is 11.5 Å². The van der Waals surface area contributed by atoms with Crippen LogP contribution in [0.25, 0.3) is 0 Å². The van der Waals surface area contributed by atoms with Gasteiger partial charge in [0.25, 0.3) is 10.0 Å². The van der Waals surface area contributed by atoms with Gasteiger partial charge in [0, 0.05) is 23.0 Å². The molecule has 2 aromatic rings. The third-order valence-electron chi connectivity index (χ3n) is 3.85.